The smallest absolute Gasteiger partial charge is 0.422 e. The Bertz CT molecular complexity index is 917. The van der Waals surface area contributed by atoms with E-state index in [-0.39, 0.29) is 17.5 Å². The van der Waals surface area contributed by atoms with Gasteiger partial charge >= 0.3 is 11.9 Å². The minimum absolute atomic E-state index is 0.117. The molecule has 1 N–H and O–H groups in total. The number of carboxylic acids is 1. The number of carbonyl (C=O) groups is 2. The lowest BCUT2D eigenvalue weighted by molar-refractivity contribution is -0.473. The van der Waals surface area contributed by atoms with E-state index in [0.29, 0.717) is 10.6 Å². The fraction of sp³-hybridized carbons (Fsp3) is 0.211. The van der Waals surface area contributed by atoms with Crippen LogP contribution in [0.25, 0.3) is 0 Å². The Morgan fingerprint density at radius 3 is 2.83 bits per heavy atom. The zero-order valence-corrected chi connectivity index (χ0v) is 13.6. The van der Waals surface area contributed by atoms with E-state index in [2.05, 4.69) is 0 Å². The Kier molecular flexibility index (Phi) is 3.50. The van der Waals surface area contributed by atoms with Crippen LogP contribution in [0.1, 0.15) is 56.3 Å². The second kappa shape index (κ2) is 5.56. The molecule has 2 aromatic carbocycles. The van der Waals surface area contributed by atoms with E-state index in [1.54, 1.807) is 22.8 Å². The maximum atomic E-state index is 12.8. The first kappa shape index (κ1) is 15.1. The van der Waals surface area contributed by atoms with Crippen molar-refractivity contribution in [2.45, 2.75) is 25.3 Å². The lowest BCUT2D eigenvalue weighted by Gasteiger charge is -2.22. The maximum absolute atomic E-state index is 12.8. The minimum Gasteiger partial charge on any atom is -0.478 e. The van der Waals surface area contributed by atoms with Gasteiger partial charge in [-0.25, -0.2) is 9.59 Å². The van der Waals surface area contributed by atoms with Crippen molar-refractivity contribution in [1.29, 1.82) is 0 Å². The minimum atomic E-state index is -0.954. The molecular weight excluding hydrogens is 326 g/mol. The van der Waals surface area contributed by atoms with Crippen LogP contribution in [0.2, 0.25) is 5.02 Å². The monoisotopic (exact) mass is 340 g/mol. The highest BCUT2D eigenvalue weighted by molar-refractivity contribution is 6.34. The number of carbonyl (C=O) groups excluding carboxylic acids is 1. The fourth-order valence-corrected chi connectivity index (χ4v) is 3.90. The topological polar surface area (TPSA) is 57.4 Å². The van der Waals surface area contributed by atoms with Crippen LogP contribution in [0.3, 0.4) is 0 Å². The summed E-state index contributed by atoms with van der Waals surface area (Å²) in [5, 5.41) is 9.71. The van der Waals surface area contributed by atoms with E-state index in [9.17, 15) is 14.7 Å². The number of fused-ring (bicyclic) bond motifs is 2. The van der Waals surface area contributed by atoms with Crippen molar-refractivity contribution in [3.63, 3.8) is 0 Å². The number of rotatable bonds is 2. The average Bonchev–Trinajstić information content (AvgIpc) is 2.91. The first-order chi connectivity index (χ1) is 11.6. The number of carboxylic acid groups (broad SMARTS) is 1. The van der Waals surface area contributed by atoms with Crippen LogP contribution in [-0.4, -0.2) is 27.8 Å². The number of nitrogens with zero attached hydrogens (tertiary/aromatic N) is 1. The van der Waals surface area contributed by atoms with Gasteiger partial charge in [-0.1, -0.05) is 23.7 Å². The largest absolute Gasteiger partial charge is 0.478 e. The molecule has 4 rings (SSSR count). The Hall–Kier alpha value is -2.46. The van der Waals surface area contributed by atoms with Crippen molar-refractivity contribution >= 4 is 29.7 Å². The van der Waals surface area contributed by atoms with E-state index in [1.807, 2.05) is 24.4 Å². The maximum Gasteiger partial charge on any atom is 0.422 e. The number of hydrogen-bond acceptors (Lipinski definition) is 2. The second-order valence-corrected chi connectivity index (χ2v) is 6.58. The Morgan fingerprint density at radius 2 is 2.08 bits per heavy atom. The quantitative estimate of drug-likeness (QED) is 0.848. The first-order valence-corrected chi connectivity index (χ1v) is 8.26. The van der Waals surface area contributed by atoms with Gasteiger partial charge in [-0.2, -0.15) is 4.58 Å². The standard InChI is InChI=1S/C19H14ClNO3/c20-15-5-1-4-13-10-21(18(22)17(13)15)16-6-2-3-11-7-8-12(19(23)24)9-14(11)16/h1,4-5,7-10,16H,2-3,6H2/p+1. The predicted octanol–water partition coefficient (Wildman–Crippen LogP) is 3.70. The zero-order chi connectivity index (χ0) is 16.8. The van der Waals surface area contributed by atoms with Crippen molar-refractivity contribution < 1.29 is 19.3 Å². The van der Waals surface area contributed by atoms with Crippen molar-refractivity contribution in [2.75, 3.05) is 0 Å². The third kappa shape index (κ3) is 2.26. The number of amides is 1. The summed E-state index contributed by atoms with van der Waals surface area (Å²) in [6.07, 6.45) is 4.51. The molecule has 0 saturated carbocycles. The third-order valence-corrected chi connectivity index (χ3v) is 5.10. The van der Waals surface area contributed by atoms with Gasteiger partial charge in [0, 0.05) is 12.0 Å². The summed E-state index contributed by atoms with van der Waals surface area (Å²) in [6.45, 7) is 0. The van der Waals surface area contributed by atoms with Gasteiger partial charge in [0.25, 0.3) is 0 Å². The predicted molar refractivity (Wildman–Crippen MR) is 90.3 cm³/mol. The van der Waals surface area contributed by atoms with Gasteiger partial charge in [0.2, 0.25) is 0 Å². The van der Waals surface area contributed by atoms with Gasteiger partial charge in [0.15, 0.2) is 12.3 Å². The van der Waals surface area contributed by atoms with Crippen molar-refractivity contribution in [3.8, 4) is 0 Å². The van der Waals surface area contributed by atoms with E-state index < -0.39 is 5.97 Å². The van der Waals surface area contributed by atoms with Gasteiger partial charge < -0.3 is 5.11 Å². The van der Waals surface area contributed by atoms with Gasteiger partial charge in [-0.3, -0.25) is 0 Å². The summed E-state index contributed by atoms with van der Waals surface area (Å²) >= 11 is 6.19. The summed E-state index contributed by atoms with van der Waals surface area (Å²) in [5.74, 6) is -1.07. The normalized spacial score (nSPS) is 18.8. The van der Waals surface area contributed by atoms with Crippen molar-refractivity contribution in [1.82, 2.24) is 0 Å². The molecule has 4 nitrogen and oxygen atoms in total. The average molecular weight is 341 g/mol. The van der Waals surface area contributed by atoms with Gasteiger partial charge in [0.1, 0.15) is 5.56 Å². The van der Waals surface area contributed by atoms with Gasteiger partial charge in [-0.05, 0) is 42.7 Å². The van der Waals surface area contributed by atoms with Gasteiger partial charge in [-0.15, -0.1) is 0 Å². The van der Waals surface area contributed by atoms with E-state index in [0.717, 1.165) is 36.0 Å². The molecule has 1 atom stereocenters. The van der Waals surface area contributed by atoms with Gasteiger partial charge in [0.05, 0.1) is 16.1 Å². The summed E-state index contributed by atoms with van der Waals surface area (Å²) < 4.78 is 1.71. The lowest BCUT2D eigenvalue weighted by atomic mass is 9.86. The SMILES string of the molecule is O=C(O)c1ccc2c(c1)C([N+]1=Cc3cccc(Cl)c3C1=O)CCC2. The Morgan fingerprint density at radius 1 is 1.25 bits per heavy atom. The van der Waals surface area contributed by atoms with Crippen LogP contribution in [0.15, 0.2) is 36.4 Å². The van der Waals surface area contributed by atoms with Crippen molar-refractivity contribution in [2.24, 2.45) is 0 Å². The molecule has 2 aromatic rings. The van der Waals surface area contributed by atoms with Crippen LogP contribution < -0.4 is 0 Å². The summed E-state index contributed by atoms with van der Waals surface area (Å²) in [7, 11) is 0. The van der Waals surface area contributed by atoms with Crippen molar-refractivity contribution in [3.05, 3.63) is 69.2 Å². The highest BCUT2D eigenvalue weighted by atomic mass is 35.5. The molecule has 1 aliphatic heterocycles. The molecule has 1 heterocycles. The molecular formula is C19H15ClNO3+. The molecule has 24 heavy (non-hydrogen) atoms. The van der Waals surface area contributed by atoms with Crippen LogP contribution in [0, 0.1) is 0 Å². The molecule has 1 unspecified atom stereocenters. The molecule has 0 saturated heterocycles. The number of halogens is 1. The summed E-state index contributed by atoms with van der Waals surface area (Å²) in [6, 6.07) is 10.5. The second-order valence-electron chi connectivity index (χ2n) is 6.17. The molecule has 120 valence electrons. The van der Waals surface area contributed by atoms with E-state index in [1.165, 1.54) is 0 Å². The molecule has 5 heteroatoms. The molecule has 0 aromatic heterocycles. The molecule has 1 amide bonds. The summed E-state index contributed by atoms with van der Waals surface area (Å²) in [5.41, 5.74) is 3.63. The molecule has 0 spiro atoms. The van der Waals surface area contributed by atoms with Crippen LogP contribution >= 0.6 is 11.6 Å². The lowest BCUT2D eigenvalue weighted by Crippen LogP contribution is -2.26. The third-order valence-electron chi connectivity index (χ3n) is 4.78. The Labute approximate surface area is 144 Å². The molecule has 0 bridgehead atoms. The van der Waals surface area contributed by atoms with Crippen LogP contribution in [0.4, 0.5) is 0 Å². The molecule has 2 aliphatic rings. The molecule has 0 radical (unpaired) electrons. The van der Waals surface area contributed by atoms with Crippen LogP contribution in [0.5, 0.6) is 0 Å². The van der Waals surface area contributed by atoms with Crippen LogP contribution in [-0.2, 0) is 6.42 Å². The first-order valence-electron chi connectivity index (χ1n) is 7.88. The Balaban J connectivity index is 1.81. The number of benzene rings is 2. The highest BCUT2D eigenvalue weighted by Gasteiger charge is 2.40. The molecule has 1 aliphatic carbocycles. The number of hydrogen-bond donors (Lipinski definition) is 1. The number of aromatic carboxylic acids is 1. The van der Waals surface area contributed by atoms with E-state index in [4.69, 9.17) is 11.6 Å². The zero-order valence-electron chi connectivity index (χ0n) is 12.8. The fourth-order valence-electron chi connectivity index (χ4n) is 3.64. The highest BCUT2D eigenvalue weighted by Crippen LogP contribution is 2.36. The summed E-state index contributed by atoms with van der Waals surface area (Å²) in [4.78, 5) is 24.1. The molecule has 0 fully saturated rings. The van der Waals surface area contributed by atoms with E-state index >= 15 is 0 Å². The number of aryl methyl sites for hydroxylation is 1.